The number of anilines is 2. The van der Waals surface area contributed by atoms with Crippen LogP contribution in [0.5, 0.6) is 17.2 Å². The average molecular weight is 558 g/mol. The van der Waals surface area contributed by atoms with Gasteiger partial charge in [-0.1, -0.05) is 12.1 Å². The number of methoxy groups -OCH3 is 1. The summed E-state index contributed by atoms with van der Waals surface area (Å²) in [5.74, 6) is -1.17. The zero-order valence-electron chi connectivity index (χ0n) is 22.7. The molecule has 2 aromatic heterocycles. The molecule has 0 unspecified atom stereocenters. The molecule has 0 spiro atoms. The molecule has 0 aliphatic heterocycles. The van der Waals surface area contributed by atoms with Crippen LogP contribution in [-0.4, -0.2) is 51.8 Å². The number of rotatable bonds is 10. The molecule has 4 aromatic rings. The highest BCUT2D eigenvalue weighted by molar-refractivity contribution is 5.97. The zero-order valence-corrected chi connectivity index (χ0v) is 22.7. The number of para-hydroxylation sites is 2. The van der Waals surface area contributed by atoms with Crippen LogP contribution >= 0.6 is 0 Å². The van der Waals surface area contributed by atoms with Crippen molar-refractivity contribution in [2.75, 3.05) is 19.0 Å². The average Bonchev–Trinajstić information content (AvgIpc) is 3.29. The fraction of sp³-hybridized carbons (Fsp3) is 0.207. The Hall–Kier alpha value is -5.57. The third kappa shape index (κ3) is 6.20. The number of carbonyl (C=O) groups is 3. The van der Waals surface area contributed by atoms with Gasteiger partial charge in [-0.05, 0) is 62.7 Å². The monoisotopic (exact) mass is 557 g/mol. The van der Waals surface area contributed by atoms with Crippen LogP contribution in [0.1, 0.15) is 35.3 Å². The van der Waals surface area contributed by atoms with Crippen LogP contribution < -0.4 is 20.1 Å². The van der Waals surface area contributed by atoms with E-state index in [-0.39, 0.29) is 11.3 Å². The fourth-order valence-electron chi connectivity index (χ4n) is 4.00. The standard InChI is InChI=1S/C29H27N5O7/c1-17-21(27(37)39-4)16-34-26(17)25(18(13-30)14-32-34)33-19-9-11-20(12-10-19)40-22-7-5-6-8-23(22)41-29(2,3)28(38)31-15-24(35)36/h5-12,14,16,33H,15H2,1-4H3,(H,31,38)(H,35,36). The largest absolute Gasteiger partial charge is 0.480 e. The minimum absolute atomic E-state index is 0.285. The summed E-state index contributed by atoms with van der Waals surface area (Å²) in [5.41, 5.74) is 1.54. The summed E-state index contributed by atoms with van der Waals surface area (Å²) >= 11 is 0. The van der Waals surface area contributed by atoms with Crippen molar-refractivity contribution in [1.82, 2.24) is 14.9 Å². The van der Waals surface area contributed by atoms with Crippen LogP contribution in [0, 0.1) is 18.3 Å². The zero-order chi connectivity index (χ0) is 29.7. The van der Waals surface area contributed by atoms with Crippen molar-refractivity contribution < 1.29 is 33.7 Å². The topological polar surface area (TPSA) is 164 Å². The Labute approximate surface area is 235 Å². The molecule has 12 nitrogen and oxygen atoms in total. The highest BCUT2D eigenvalue weighted by Crippen LogP contribution is 2.35. The van der Waals surface area contributed by atoms with Gasteiger partial charge in [-0.25, -0.2) is 9.31 Å². The Bertz CT molecular complexity index is 1670. The van der Waals surface area contributed by atoms with Gasteiger partial charge in [0, 0.05) is 11.9 Å². The van der Waals surface area contributed by atoms with Crippen molar-refractivity contribution >= 4 is 34.7 Å². The number of nitrogens with one attached hydrogen (secondary N) is 2. The number of aryl methyl sites for hydroxylation is 1. The Kier molecular flexibility index (Phi) is 8.09. The summed E-state index contributed by atoms with van der Waals surface area (Å²) in [6.07, 6.45) is 2.96. The van der Waals surface area contributed by atoms with Crippen molar-refractivity contribution in [1.29, 1.82) is 5.26 Å². The molecule has 0 atom stereocenters. The number of carboxylic acids is 1. The molecule has 3 N–H and O–H groups in total. The quantitative estimate of drug-likeness (QED) is 0.241. The Morgan fingerprint density at radius 3 is 2.41 bits per heavy atom. The van der Waals surface area contributed by atoms with E-state index in [0.717, 1.165) is 0 Å². The van der Waals surface area contributed by atoms with Gasteiger partial charge in [0.05, 0.1) is 35.6 Å². The van der Waals surface area contributed by atoms with Crippen LogP contribution in [0.4, 0.5) is 11.4 Å². The van der Waals surface area contributed by atoms with Gasteiger partial charge in [-0.15, -0.1) is 0 Å². The van der Waals surface area contributed by atoms with Gasteiger partial charge in [-0.2, -0.15) is 10.4 Å². The lowest BCUT2D eigenvalue weighted by Gasteiger charge is -2.26. The van der Waals surface area contributed by atoms with Crippen LogP contribution in [0.2, 0.25) is 0 Å². The van der Waals surface area contributed by atoms with Crippen LogP contribution in [0.15, 0.2) is 60.9 Å². The molecule has 12 heteroatoms. The third-order valence-corrected chi connectivity index (χ3v) is 6.10. The van der Waals surface area contributed by atoms with Crippen molar-refractivity contribution in [3.63, 3.8) is 0 Å². The van der Waals surface area contributed by atoms with Crippen LogP contribution in [-0.2, 0) is 14.3 Å². The van der Waals surface area contributed by atoms with Gasteiger partial charge in [-0.3, -0.25) is 9.59 Å². The lowest BCUT2D eigenvalue weighted by atomic mass is 10.1. The number of nitrogens with zero attached hydrogens (tertiary/aromatic N) is 3. The number of carboxylic acid groups (broad SMARTS) is 1. The molecule has 41 heavy (non-hydrogen) atoms. The third-order valence-electron chi connectivity index (χ3n) is 6.10. The molecule has 1 amide bonds. The predicted octanol–water partition coefficient (Wildman–Crippen LogP) is 4.20. The van der Waals surface area contributed by atoms with Gasteiger partial charge >= 0.3 is 11.9 Å². The lowest BCUT2D eigenvalue weighted by molar-refractivity contribution is -0.141. The number of carbonyl (C=O) groups excluding carboxylic acids is 2. The van der Waals surface area contributed by atoms with E-state index in [1.54, 1.807) is 61.7 Å². The summed E-state index contributed by atoms with van der Waals surface area (Å²) in [6.45, 7) is 4.27. The first-order valence-corrected chi connectivity index (χ1v) is 12.4. The molecule has 2 heterocycles. The first-order valence-electron chi connectivity index (χ1n) is 12.4. The number of nitriles is 1. The van der Waals surface area contributed by atoms with Gasteiger partial charge in [0.15, 0.2) is 17.1 Å². The number of aliphatic carboxylic acids is 1. The maximum Gasteiger partial charge on any atom is 0.339 e. The number of ether oxygens (including phenoxy) is 3. The second-order valence-corrected chi connectivity index (χ2v) is 9.38. The fourth-order valence-corrected chi connectivity index (χ4v) is 4.00. The summed E-state index contributed by atoms with van der Waals surface area (Å²) in [7, 11) is 1.30. The molecule has 0 aliphatic carbocycles. The molecule has 0 aliphatic rings. The van der Waals surface area contributed by atoms with Crippen molar-refractivity contribution in [2.45, 2.75) is 26.4 Å². The van der Waals surface area contributed by atoms with E-state index < -0.39 is 30.0 Å². The molecule has 0 saturated carbocycles. The molecule has 4 rings (SSSR count). The molecular formula is C29H27N5O7. The van der Waals surface area contributed by atoms with E-state index >= 15 is 0 Å². The van der Waals surface area contributed by atoms with Gasteiger partial charge < -0.3 is 30.0 Å². The number of hydrogen-bond acceptors (Lipinski definition) is 9. The van der Waals surface area contributed by atoms with Crippen LogP contribution in [0.25, 0.3) is 5.52 Å². The lowest BCUT2D eigenvalue weighted by Crippen LogP contribution is -2.48. The van der Waals surface area contributed by atoms with Gasteiger partial charge in [0.25, 0.3) is 5.91 Å². The molecule has 0 saturated heterocycles. The maximum atomic E-state index is 12.4. The normalized spacial score (nSPS) is 10.9. The predicted molar refractivity (Wildman–Crippen MR) is 148 cm³/mol. The van der Waals surface area contributed by atoms with E-state index in [4.69, 9.17) is 19.3 Å². The van der Waals surface area contributed by atoms with Crippen LogP contribution in [0.3, 0.4) is 0 Å². The maximum absolute atomic E-state index is 12.4. The molecule has 0 bridgehead atoms. The summed E-state index contributed by atoms with van der Waals surface area (Å²) in [6, 6.07) is 15.8. The van der Waals surface area contributed by atoms with E-state index in [0.29, 0.717) is 39.5 Å². The summed E-state index contributed by atoms with van der Waals surface area (Å²) in [5, 5.41) is 28.3. The minimum Gasteiger partial charge on any atom is -0.480 e. The smallest absolute Gasteiger partial charge is 0.339 e. The second-order valence-electron chi connectivity index (χ2n) is 9.38. The first-order chi connectivity index (χ1) is 19.5. The van der Waals surface area contributed by atoms with E-state index in [9.17, 15) is 19.6 Å². The summed E-state index contributed by atoms with van der Waals surface area (Å²) < 4.78 is 18.3. The molecular weight excluding hydrogens is 530 g/mol. The number of hydrogen-bond donors (Lipinski definition) is 3. The van der Waals surface area contributed by atoms with Crippen molar-refractivity contribution in [2.24, 2.45) is 0 Å². The number of fused-ring (bicyclic) bond motifs is 1. The SMILES string of the molecule is COC(=O)c1cn2ncc(C#N)c(Nc3ccc(Oc4ccccc4OC(C)(C)C(=O)NCC(=O)O)cc3)c2c1C. The highest BCUT2D eigenvalue weighted by atomic mass is 16.5. The number of benzene rings is 2. The number of esters is 1. The Morgan fingerprint density at radius 2 is 1.78 bits per heavy atom. The molecule has 0 radical (unpaired) electrons. The second kappa shape index (κ2) is 11.7. The van der Waals surface area contributed by atoms with Gasteiger partial charge in [0.1, 0.15) is 18.4 Å². The highest BCUT2D eigenvalue weighted by Gasteiger charge is 2.31. The van der Waals surface area contributed by atoms with E-state index in [1.165, 1.54) is 31.7 Å². The van der Waals surface area contributed by atoms with E-state index in [2.05, 4.69) is 21.8 Å². The molecule has 2 aromatic carbocycles. The van der Waals surface area contributed by atoms with Crippen molar-refractivity contribution in [3.05, 3.63) is 77.6 Å². The minimum atomic E-state index is -1.37. The van der Waals surface area contributed by atoms with Crippen molar-refractivity contribution in [3.8, 4) is 23.3 Å². The van der Waals surface area contributed by atoms with E-state index in [1.807, 2.05) is 0 Å². The number of amides is 1. The Morgan fingerprint density at radius 1 is 1.10 bits per heavy atom. The number of aromatic nitrogens is 2. The summed E-state index contributed by atoms with van der Waals surface area (Å²) in [4.78, 5) is 35.4. The van der Waals surface area contributed by atoms with Gasteiger partial charge in [0.2, 0.25) is 0 Å². The molecule has 0 fully saturated rings. The first kappa shape index (κ1) is 28.4. The Balaban J connectivity index is 1.55. The molecule has 210 valence electrons.